The summed E-state index contributed by atoms with van der Waals surface area (Å²) in [5.41, 5.74) is 0. The lowest BCUT2D eigenvalue weighted by Gasteiger charge is -2.13. The number of hydrogen-bond donors (Lipinski definition) is 2. The van der Waals surface area contributed by atoms with E-state index < -0.39 is 6.10 Å². The molecule has 11 heavy (non-hydrogen) atoms. The lowest BCUT2D eigenvalue weighted by atomic mass is 10.0. The maximum atomic E-state index is 9.54. The van der Waals surface area contributed by atoms with E-state index in [-0.39, 0.29) is 5.92 Å². The van der Waals surface area contributed by atoms with Gasteiger partial charge in [0.15, 0.2) is 5.82 Å². The van der Waals surface area contributed by atoms with Gasteiger partial charge in [-0.2, -0.15) is 5.10 Å². The first-order valence-electron chi connectivity index (χ1n) is 3.79. The van der Waals surface area contributed by atoms with Crippen molar-refractivity contribution in [2.24, 2.45) is 5.92 Å². The van der Waals surface area contributed by atoms with Gasteiger partial charge in [-0.1, -0.05) is 20.3 Å². The van der Waals surface area contributed by atoms with E-state index in [2.05, 4.69) is 15.2 Å². The number of rotatable bonds is 3. The van der Waals surface area contributed by atoms with Crippen LogP contribution < -0.4 is 0 Å². The Morgan fingerprint density at radius 2 is 2.45 bits per heavy atom. The molecule has 0 amide bonds. The number of H-pyrrole nitrogens is 1. The second kappa shape index (κ2) is 3.48. The first-order chi connectivity index (χ1) is 5.25. The van der Waals surface area contributed by atoms with Crippen molar-refractivity contribution in [1.82, 2.24) is 15.2 Å². The van der Waals surface area contributed by atoms with E-state index >= 15 is 0 Å². The molecule has 4 nitrogen and oxygen atoms in total. The summed E-state index contributed by atoms with van der Waals surface area (Å²) >= 11 is 0. The summed E-state index contributed by atoms with van der Waals surface area (Å²) in [7, 11) is 0. The van der Waals surface area contributed by atoms with Crippen LogP contribution >= 0.6 is 0 Å². The normalized spacial score (nSPS) is 16.3. The Morgan fingerprint density at radius 1 is 1.73 bits per heavy atom. The maximum absolute atomic E-state index is 9.54. The number of aliphatic hydroxyl groups excluding tert-OH is 1. The second-order valence-corrected chi connectivity index (χ2v) is 2.70. The summed E-state index contributed by atoms with van der Waals surface area (Å²) in [6, 6.07) is 0. The molecule has 4 heteroatoms. The Bertz CT molecular complexity index is 197. The van der Waals surface area contributed by atoms with Crippen molar-refractivity contribution in [3.05, 3.63) is 12.2 Å². The van der Waals surface area contributed by atoms with Gasteiger partial charge >= 0.3 is 0 Å². The molecule has 0 bridgehead atoms. The van der Waals surface area contributed by atoms with Crippen LogP contribution in [0.25, 0.3) is 0 Å². The molecule has 0 aliphatic heterocycles. The fraction of sp³-hybridized carbons (Fsp3) is 0.714. The van der Waals surface area contributed by atoms with E-state index in [1.165, 1.54) is 6.33 Å². The van der Waals surface area contributed by atoms with E-state index in [4.69, 9.17) is 0 Å². The smallest absolute Gasteiger partial charge is 0.153 e. The van der Waals surface area contributed by atoms with Gasteiger partial charge in [0.1, 0.15) is 12.4 Å². The molecular weight excluding hydrogens is 142 g/mol. The van der Waals surface area contributed by atoms with Crippen molar-refractivity contribution < 1.29 is 5.11 Å². The van der Waals surface area contributed by atoms with E-state index in [0.29, 0.717) is 5.82 Å². The highest BCUT2D eigenvalue weighted by Crippen LogP contribution is 2.19. The number of aliphatic hydroxyl groups is 1. The number of aromatic nitrogens is 3. The van der Waals surface area contributed by atoms with E-state index in [1.54, 1.807) is 0 Å². The number of aromatic amines is 1. The molecule has 0 aromatic carbocycles. The van der Waals surface area contributed by atoms with Crippen LogP contribution in [0, 0.1) is 5.92 Å². The fourth-order valence-corrected chi connectivity index (χ4v) is 0.850. The first-order valence-corrected chi connectivity index (χ1v) is 3.79. The Hall–Kier alpha value is -0.900. The van der Waals surface area contributed by atoms with Crippen LogP contribution in [0.5, 0.6) is 0 Å². The molecular formula is C7H13N3O. The van der Waals surface area contributed by atoms with E-state index in [9.17, 15) is 5.11 Å². The summed E-state index contributed by atoms with van der Waals surface area (Å²) in [4.78, 5) is 3.87. The summed E-state index contributed by atoms with van der Waals surface area (Å²) in [5, 5.41) is 15.8. The fourth-order valence-electron chi connectivity index (χ4n) is 0.850. The van der Waals surface area contributed by atoms with Crippen LogP contribution in [-0.2, 0) is 0 Å². The summed E-state index contributed by atoms with van der Waals surface area (Å²) in [6.45, 7) is 4.01. The quantitative estimate of drug-likeness (QED) is 0.681. The van der Waals surface area contributed by atoms with Crippen LogP contribution in [0.2, 0.25) is 0 Å². The highest BCUT2D eigenvalue weighted by molar-refractivity contribution is 4.88. The van der Waals surface area contributed by atoms with Crippen LogP contribution in [0.1, 0.15) is 32.2 Å². The highest BCUT2D eigenvalue weighted by Gasteiger charge is 2.16. The summed E-state index contributed by atoms with van der Waals surface area (Å²) < 4.78 is 0. The average molecular weight is 155 g/mol. The standard InChI is InChI=1S/C7H13N3O/c1-3-5(2)6(11)7-8-4-9-10-7/h4-6,11H,3H2,1-2H3,(H,8,9,10). The van der Waals surface area contributed by atoms with Gasteiger partial charge in [0.05, 0.1) is 0 Å². The van der Waals surface area contributed by atoms with Crippen LogP contribution in [0.3, 0.4) is 0 Å². The number of nitrogens with zero attached hydrogens (tertiary/aromatic N) is 2. The van der Waals surface area contributed by atoms with Gasteiger partial charge in [0.25, 0.3) is 0 Å². The largest absolute Gasteiger partial charge is 0.385 e. The molecule has 1 aromatic heterocycles. The van der Waals surface area contributed by atoms with Crippen LogP contribution in [0.4, 0.5) is 0 Å². The van der Waals surface area contributed by atoms with Crippen LogP contribution in [0.15, 0.2) is 6.33 Å². The Kier molecular flexibility index (Phi) is 2.59. The van der Waals surface area contributed by atoms with Crippen molar-refractivity contribution >= 4 is 0 Å². The highest BCUT2D eigenvalue weighted by atomic mass is 16.3. The molecule has 0 aliphatic rings. The van der Waals surface area contributed by atoms with E-state index in [1.807, 2.05) is 13.8 Å². The third-order valence-electron chi connectivity index (χ3n) is 1.90. The third-order valence-corrected chi connectivity index (χ3v) is 1.90. The third kappa shape index (κ3) is 1.77. The molecule has 62 valence electrons. The molecule has 0 fully saturated rings. The van der Waals surface area contributed by atoms with Crippen molar-refractivity contribution in [3.63, 3.8) is 0 Å². The van der Waals surface area contributed by atoms with Crippen molar-refractivity contribution in [3.8, 4) is 0 Å². The Balaban J connectivity index is 2.62. The topological polar surface area (TPSA) is 61.8 Å². The lowest BCUT2D eigenvalue weighted by molar-refractivity contribution is 0.107. The summed E-state index contributed by atoms with van der Waals surface area (Å²) in [5.74, 6) is 0.780. The zero-order valence-electron chi connectivity index (χ0n) is 6.78. The minimum absolute atomic E-state index is 0.225. The molecule has 0 saturated heterocycles. The molecule has 0 spiro atoms. The molecule has 2 atom stereocenters. The van der Waals surface area contributed by atoms with E-state index in [0.717, 1.165) is 6.42 Å². The molecule has 2 unspecified atom stereocenters. The minimum Gasteiger partial charge on any atom is -0.385 e. The Morgan fingerprint density at radius 3 is 2.91 bits per heavy atom. The lowest BCUT2D eigenvalue weighted by Crippen LogP contribution is -2.09. The van der Waals surface area contributed by atoms with Crippen molar-refractivity contribution in [2.75, 3.05) is 0 Å². The Labute approximate surface area is 65.7 Å². The van der Waals surface area contributed by atoms with Gasteiger partial charge in [0.2, 0.25) is 0 Å². The first kappa shape index (κ1) is 8.20. The van der Waals surface area contributed by atoms with Crippen molar-refractivity contribution in [1.29, 1.82) is 0 Å². The van der Waals surface area contributed by atoms with Gasteiger partial charge in [-0.25, -0.2) is 4.98 Å². The van der Waals surface area contributed by atoms with Gasteiger partial charge < -0.3 is 5.11 Å². The average Bonchev–Trinajstić information content (AvgIpc) is 2.53. The minimum atomic E-state index is -0.512. The van der Waals surface area contributed by atoms with Gasteiger partial charge in [-0.05, 0) is 5.92 Å². The van der Waals surface area contributed by atoms with Gasteiger partial charge in [-0.15, -0.1) is 0 Å². The second-order valence-electron chi connectivity index (χ2n) is 2.70. The predicted octanol–water partition coefficient (Wildman–Crippen LogP) is 0.884. The molecule has 1 rings (SSSR count). The SMILES string of the molecule is CCC(C)C(O)c1ncn[nH]1. The zero-order valence-corrected chi connectivity index (χ0v) is 6.78. The van der Waals surface area contributed by atoms with Gasteiger partial charge in [0, 0.05) is 0 Å². The monoisotopic (exact) mass is 155 g/mol. The zero-order chi connectivity index (χ0) is 8.27. The molecule has 0 radical (unpaired) electrons. The van der Waals surface area contributed by atoms with Gasteiger partial charge in [-0.3, -0.25) is 5.10 Å². The maximum Gasteiger partial charge on any atom is 0.153 e. The summed E-state index contributed by atoms with van der Waals surface area (Å²) in [6.07, 6.45) is 1.82. The van der Waals surface area contributed by atoms with Crippen molar-refractivity contribution in [2.45, 2.75) is 26.4 Å². The predicted molar refractivity (Wildman–Crippen MR) is 40.8 cm³/mol. The molecule has 1 aromatic rings. The number of nitrogens with one attached hydrogen (secondary N) is 1. The molecule has 1 heterocycles. The molecule has 2 N–H and O–H groups in total. The molecule has 0 saturated carbocycles. The molecule has 0 aliphatic carbocycles. The van der Waals surface area contributed by atoms with Crippen LogP contribution in [-0.4, -0.2) is 20.3 Å². The number of hydrogen-bond acceptors (Lipinski definition) is 3.